The fourth-order valence-electron chi connectivity index (χ4n) is 3.16. The molecule has 0 atom stereocenters. The van der Waals surface area contributed by atoms with Gasteiger partial charge in [-0.2, -0.15) is 0 Å². The third kappa shape index (κ3) is 3.50. The average Bonchev–Trinajstić information content (AvgIpc) is 2.21. The van der Waals surface area contributed by atoms with Crippen molar-refractivity contribution in [3.8, 4) is 0 Å². The summed E-state index contributed by atoms with van der Waals surface area (Å²) in [4.78, 5) is 0. The molecule has 1 rings (SSSR count). The second-order valence-electron chi connectivity index (χ2n) is 8.30. The van der Waals surface area contributed by atoms with Crippen LogP contribution >= 0.6 is 0 Å². The Morgan fingerprint density at radius 3 is 1.89 bits per heavy atom. The Morgan fingerprint density at radius 2 is 1.53 bits per heavy atom. The van der Waals surface area contributed by atoms with Crippen LogP contribution in [-0.2, 0) is 10.0 Å². The van der Waals surface area contributed by atoms with E-state index in [2.05, 4.69) is 25.5 Å². The van der Waals surface area contributed by atoms with E-state index in [0.717, 1.165) is 0 Å². The van der Waals surface area contributed by atoms with Crippen LogP contribution in [-0.4, -0.2) is 26.3 Å². The molecule has 0 saturated heterocycles. The molecule has 0 aromatic heterocycles. The van der Waals surface area contributed by atoms with Crippen molar-refractivity contribution in [1.29, 1.82) is 0 Å². The minimum absolute atomic E-state index is 0.00955. The van der Waals surface area contributed by atoms with Gasteiger partial charge in [0.2, 0.25) is 10.0 Å². The number of sulfonamides is 1. The number of nitrogens with one attached hydrogen (secondary N) is 1. The van der Waals surface area contributed by atoms with Gasteiger partial charge in [-0.1, -0.05) is 48.5 Å². The standard InChI is InChI=1S/C14H30N2O2S/c1-12(2,3)8-9-19(17,18)16-11-13(4,5)10(15)14(11,6)7/h10-11,16H,8-9,15H2,1-7H3. The zero-order valence-corrected chi connectivity index (χ0v) is 14.2. The number of hydrogen-bond donors (Lipinski definition) is 2. The van der Waals surface area contributed by atoms with E-state index in [1.165, 1.54) is 0 Å². The minimum atomic E-state index is -3.25. The molecule has 0 aromatic carbocycles. The lowest BCUT2D eigenvalue weighted by molar-refractivity contribution is -0.0593. The predicted octanol–water partition coefficient (Wildman–Crippen LogP) is 2.10. The molecule has 0 aliphatic heterocycles. The normalized spacial score (nSPS) is 29.9. The number of hydrogen-bond acceptors (Lipinski definition) is 3. The van der Waals surface area contributed by atoms with E-state index >= 15 is 0 Å². The van der Waals surface area contributed by atoms with Crippen LogP contribution in [0.4, 0.5) is 0 Å². The Balaban J connectivity index is 2.74. The van der Waals surface area contributed by atoms with E-state index in [1.54, 1.807) is 0 Å². The number of nitrogens with two attached hydrogens (primary N) is 1. The lowest BCUT2D eigenvalue weighted by Gasteiger charge is -2.62. The quantitative estimate of drug-likeness (QED) is 0.833. The second-order valence-corrected chi connectivity index (χ2v) is 10.2. The van der Waals surface area contributed by atoms with Crippen LogP contribution in [0.1, 0.15) is 54.9 Å². The van der Waals surface area contributed by atoms with Gasteiger partial charge in [-0.15, -0.1) is 0 Å². The molecule has 0 unspecified atom stereocenters. The molecule has 0 amide bonds. The Labute approximate surface area is 118 Å². The van der Waals surface area contributed by atoms with Gasteiger partial charge in [-0.25, -0.2) is 13.1 Å². The Morgan fingerprint density at radius 1 is 1.11 bits per heavy atom. The number of rotatable bonds is 4. The fraction of sp³-hybridized carbons (Fsp3) is 1.00. The van der Waals surface area contributed by atoms with Crippen molar-refractivity contribution in [3.63, 3.8) is 0 Å². The van der Waals surface area contributed by atoms with Crippen molar-refractivity contribution in [2.75, 3.05) is 5.75 Å². The predicted molar refractivity (Wildman–Crippen MR) is 80.3 cm³/mol. The Kier molecular flexibility index (Phi) is 4.19. The summed E-state index contributed by atoms with van der Waals surface area (Å²) in [5, 5.41) is 0. The fourth-order valence-corrected chi connectivity index (χ4v) is 5.13. The van der Waals surface area contributed by atoms with Gasteiger partial charge in [0.1, 0.15) is 0 Å². The molecule has 114 valence electrons. The second kappa shape index (κ2) is 4.71. The van der Waals surface area contributed by atoms with Gasteiger partial charge in [-0.3, -0.25) is 0 Å². The van der Waals surface area contributed by atoms with Crippen molar-refractivity contribution >= 4 is 10.0 Å². The molecule has 0 aromatic rings. The third-order valence-electron chi connectivity index (χ3n) is 4.51. The van der Waals surface area contributed by atoms with E-state index in [4.69, 9.17) is 5.73 Å². The highest BCUT2D eigenvalue weighted by Gasteiger charge is 2.60. The Hall–Kier alpha value is -0.130. The van der Waals surface area contributed by atoms with Crippen LogP contribution in [0.5, 0.6) is 0 Å². The largest absolute Gasteiger partial charge is 0.327 e. The van der Waals surface area contributed by atoms with E-state index in [-0.39, 0.29) is 34.1 Å². The van der Waals surface area contributed by atoms with Crippen LogP contribution in [0.3, 0.4) is 0 Å². The summed E-state index contributed by atoms with van der Waals surface area (Å²) in [6.07, 6.45) is 0.655. The first kappa shape index (κ1) is 16.9. The highest BCUT2D eigenvalue weighted by atomic mass is 32.2. The van der Waals surface area contributed by atoms with Crippen molar-refractivity contribution in [3.05, 3.63) is 0 Å². The maximum atomic E-state index is 12.2. The highest BCUT2D eigenvalue weighted by molar-refractivity contribution is 7.89. The van der Waals surface area contributed by atoms with Gasteiger partial charge in [-0.05, 0) is 22.7 Å². The van der Waals surface area contributed by atoms with E-state index < -0.39 is 10.0 Å². The first-order valence-electron chi connectivity index (χ1n) is 6.96. The molecule has 0 heterocycles. The summed E-state index contributed by atoms with van der Waals surface area (Å²) in [6, 6.07) is -0.0877. The molecule has 19 heavy (non-hydrogen) atoms. The zero-order valence-electron chi connectivity index (χ0n) is 13.4. The lowest BCUT2D eigenvalue weighted by Crippen LogP contribution is -2.76. The van der Waals surface area contributed by atoms with Gasteiger partial charge in [0.25, 0.3) is 0 Å². The van der Waals surface area contributed by atoms with E-state index in [0.29, 0.717) is 6.42 Å². The SMILES string of the molecule is CC(C)(C)CCS(=O)(=O)NC1C(C)(C)C(N)C1(C)C. The monoisotopic (exact) mass is 290 g/mol. The molecule has 0 radical (unpaired) electrons. The summed E-state index contributed by atoms with van der Waals surface area (Å²) in [6.45, 7) is 14.3. The maximum Gasteiger partial charge on any atom is 0.211 e. The first-order chi connectivity index (χ1) is 8.20. The summed E-state index contributed by atoms with van der Waals surface area (Å²) in [7, 11) is -3.25. The molecular formula is C14H30N2O2S. The summed E-state index contributed by atoms with van der Waals surface area (Å²) in [5.41, 5.74) is 5.78. The summed E-state index contributed by atoms with van der Waals surface area (Å²) >= 11 is 0. The smallest absolute Gasteiger partial charge is 0.211 e. The van der Waals surface area contributed by atoms with Crippen molar-refractivity contribution < 1.29 is 8.42 Å². The van der Waals surface area contributed by atoms with Crippen LogP contribution in [0.25, 0.3) is 0 Å². The van der Waals surface area contributed by atoms with Gasteiger partial charge < -0.3 is 5.73 Å². The molecule has 1 fully saturated rings. The molecule has 1 saturated carbocycles. The summed E-state index contributed by atoms with van der Waals surface area (Å²) < 4.78 is 27.3. The topological polar surface area (TPSA) is 72.2 Å². The lowest BCUT2D eigenvalue weighted by atomic mass is 9.49. The first-order valence-corrected chi connectivity index (χ1v) is 8.61. The van der Waals surface area contributed by atoms with Gasteiger partial charge >= 0.3 is 0 Å². The molecule has 1 aliphatic carbocycles. The average molecular weight is 290 g/mol. The van der Waals surface area contributed by atoms with Crippen LogP contribution < -0.4 is 10.5 Å². The zero-order chi connectivity index (χ0) is 15.3. The molecular weight excluding hydrogens is 260 g/mol. The highest BCUT2D eigenvalue weighted by Crippen LogP contribution is 2.52. The van der Waals surface area contributed by atoms with Crippen LogP contribution in [0, 0.1) is 16.2 Å². The molecule has 3 N–H and O–H groups in total. The maximum absolute atomic E-state index is 12.2. The van der Waals surface area contributed by atoms with Crippen molar-refractivity contribution in [2.24, 2.45) is 22.0 Å². The molecule has 4 nitrogen and oxygen atoms in total. The summed E-state index contributed by atoms with van der Waals surface area (Å²) in [5.74, 6) is 0.175. The Bertz CT molecular complexity index is 417. The van der Waals surface area contributed by atoms with Gasteiger partial charge in [0, 0.05) is 12.1 Å². The van der Waals surface area contributed by atoms with Crippen molar-refractivity contribution in [2.45, 2.75) is 67.0 Å². The molecule has 0 bridgehead atoms. The third-order valence-corrected chi connectivity index (χ3v) is 5.85. The van der Waals surface area contributed by atoms with Gasteiger partial charge in [0.05, 0.1) is 5.75 Å². The molecule has 1 aliphatic rings. The van der Waals surface area contributed by atoms with Crippen LogP contribution in [0.15, 0.2) is 0 Å². The van der Waals surface area contributed by atoms with E-state index in [9.17, 15) is 8.42 Å². The van der Waals surface area contributed by atoms with Gasteiger partial charge in [0.15, 0.2) is 0 Å². The van der Waals surface area contributed by atoms with Crippen molar-refractivity contribution in [1.82, 2.24) is 4.72 Å². The van der Waals surface area contributed by atoms with E-state index in [1.807, 2.05) is 27.7 Å². The molecule has 5 heteroatoms. The minimum Gasteiger partial charge on any atom is -0.327 e. The molecule has 0 spiro atoms. The van der Waals surface area contributed by atoms with Crippen LogP contribution in [0.2, 0.25) is 0 Å².